The molecule has 1 aliphatic heterocycles. The van der Waals surface area contributed by atoms with Crippen LogP contribution in [0, 0.1) is 0 Å². The van der Waals surface area contributed by atoms with E-state index in [1.807, 2.05) is 30.0 Å². The monoisotopic (exact) mass is 315 g/mol. The third-order valence-electron chi connectivity index (χ3n) is 4.02. The maximum atomic E-state index is 9.47. The average Bonchev–Trinajstić information content (AvgIpc) is 2.77. The van der Waals surface area contributed by atoms with Gasteiger partial charge in [-0.15, -0.1) is 0 Å². The van der Waals surface area contributed by atoms with E-state index in [2.05, 4.69) is 29.6 Å². The highest BCUT2D eigenvalue weighted by Crippen LogP contribution is 2.31. The third kappa shape index (κ3) is 3.23. The van der Waals surface area contributed by atoms with E-state index < -0.39 is 0 Å². The number of thioether (sulfide) groups is 1. The van der Waals surface area contributed by atoms with Crippen molar-refractivity contribution in [2.45, 2.75) is 19.1 Å². The molecule has 0 saturated carbocycles. The van der Waals surface area contributed by atoms with Gasteiger partial charge in [0, 0.05) is 17.0 Å². The maximum absolute atomic E-state index is 9.47. The first-order valence-electron chi connectivity index (χ1n) is 7.51. The lowest BCUT2D eigenvalue weighted by Gasteiger charge is -2.21. The predicted molar refractivity (Wildman–Crippen MR) is 92.8 cm³/mol. The minimum atomic E-state index is -0.0191. The molecule has 3 rings (SSSR count). The molecule has 0 aliphatic carbocycles. The molecule has 116 valence electrons. The van der Waals surface area contributed by atoms with Gasteiger partial charge >= 0.3 is 0 Å². The molecular formula is C18H21NO2S. The molecule has 0 bridgehead atoms. The van der Waals surface area contributed by atoms with Gasteiger partial charge in [0.2, 0.25) is 0 Å². The van der Waals surface area contributed by atoms with E-state index in [0.717, 1.165) is 29.2 Å². The van der Waals surface area contributed by atoms with Gasteiger partial charge in [-0.25, -0.2) is 0 Å². The van der Waals surface area contributed by atoms with Gasteiger partial charge in [-0.3, -0.25) is 0 Å². The van der Waals surface area contributed by atoms with Gasteiger partial charge in [0.05, 0.1) is 19.8 Å². The number of aliphatic hydroxyl groups is 1. The number of methoxy groups -OCH3 is 1. The van der Waals surface area contributed by atoms with E-state index >= 15 is 0 Å². The Morgan fingerprint density at radius 1 is 1.27 bits per heavy atom. The van der Waals surface area contributed by atoms with E-state index in [4.69, 9.17) is 4.74 Å². The van der Waals surface area contributed by atoms with Crippen LogP contribution < -0.4 is 10.1 Å². The number of ether oxygens (including phenoxy) is 1. The second-order valence-corrected chi connectivity index (χ2v) is 6.56. The molecule has 0 spiro atoms. The van der Waals surface area contributed by atoms with Gasteiger partial charge in [0.15, 0.2) is 0 Å². The van der Waals surface area contributed by atoms with Crippen molar-refractivity contribution in [1.29, 1.82) is 0 Å². The van der Waals surface area contributed by atoms with Crippen molar-refractivity contribution in [3.63, 3.8) is 0 Å². The molecule has 22 heavy (non-hydrogen) atoms. The minimum absolute atomic E-state index is 0.0191. The van der Waals surface area contributed by atoms with Crippen molar-refractivity contribution < 1.29 is 9.84 Å². The number of nitrogens with one attached hydrogen (secondary N) is 1. The van der Waals surface area contributed by atoms with Crippen molar-refractivity contribution in [2.75, 3.05) is 23.9 Å². The summed E-state index contributed by atoms with van der Waals surface area (Å²) in [5, 5.41) is 13.1. The molecule has 3 nitrogen and oxygen atoms in total. The zero-order valence-electron chi connectivity index (χ0n) is 12.7. The molecule has 0 saturated heterocycles. The molecule has 0 aromatic heterocycles. The van der Waals surface area contributed by atoms with E-state index in [1.165, 1.54) is 16.9 Å². The van der Waals surface area contributed by atoms with Gasteiger partial charge in [0.1, 0.15) is 5.75 Å². The highest BCUT2D eigenvalue weighted by molar-refractivity contribution is 7.99. The van der Waals surface area contributed by atoms with Crippen molar-refractivity contribution >= 4 is 17.4 Å². The average molecular weight is 315 g/mol. The van der Waals surface area contributed by atoms with Crippen LogP contribution in [0.25, 0.3) is 0 Å². The Morgan fingerprint density at radius 2 is 2.14 bits per heavy atom. The summed E-state index contributed by atoms with van der Waals surface area (Å²) in [7, 11) is 1.62. The SMILES string of the molecule is COc1ccc(NC2CSCCc3ccccc32)cc1CO. The van der Waals surface area contributed by atoms with Crippen LogP contribution in [-0.4, -0.2) is 23.7 Å². The Kier molecular flexibility index (Phi) is 4.90. The van der Waals surface area contributed by atoms with Crippen LogP contribution in [-0.2, 0) is 13.0 Å². The quantitative estimate of drug-likeness (QED) is 0.904. The summed E-state index contributed by atoms with van der Waals surface area (Å²) in [5.41, 5.74) is 4.64. The van der Waals surface area contributed by atoms with Crippen LogP contribution in [0.1, 0.15) is 22.7 Å². The van der Waals surface area contributed by atoms with Crippen LogP contribution >= 0.6 is 11.8 Å². The molecule has 0 fully saturated rings. The second-order valence-electron chi connectivity index (χ2n) is 5.41. The lowest BCUT2D eigenvalue weighted by Crippen LogP contribution is -2.14. The maximum Gasteiger partial charge on any atom is 0.124 e. The number of aliphatic hydroxyl groups excluding tert-OH is 1. The number of benzene rings is 2. The van der Waals surface area contributed by atoms with Crippen molar-refractivity contribution in [1.82, 2.24) is 0 Å². The van der Waals surface area contributed by atoms with E-state index in [1.54, 1.807) is 7.11 Å². The zero-order chi connectivity index (χ0) is 15.4. The van der Waals surface area contributed by atoms with Crippen LogP contribution in [0.15, 0.2) is 42.5 Å². The molecule has 0 radical (unpaired) electrons. The Balaban J connectivity index is 1.86. The smallest absolute Gasteiger partial charge is 0.124 e. The van der Waals surface area contributed by atoms with Crippen LogP contribution in [0.4, 0.5) is 5.69 Å². The molecule has 0 amide bonds. The summed E-state index contributed by atoms with van der Waals surface area (Å²) in [4.78, 5) is 0. The lowest BCUT2D eigenvalue weighted by atomic mass is 9.99. The lowest BCUT2D eigenvalue weighted by molar-refractivity contribution is 0.274. The molecule has 1 unspecified atom stereocenters. The summed E-state index contributed by atoms with van der Waals surface area (Å²) in [6.07, 6.45) is 1.13. The molecule has 1 atom stereocenters. The first-order valence-corrected chi connectivity index (χ1v) is 8.67. The van der Waals surface area contributed by atoms with E-state index in [0.29, 0.717) is 6.04 Å². The van der Waals surface area contributed by atoms with E-state index in [9.17, 15) is 5.11 Å². The minimum Gasteiger partial charge on any atom is -0.496 e. The fraction of sp³-hybridized carbons (Fsp3) is 0.333. The van der Waals surface area contributed by atoms with Crippen LogP contribution in [0.2, 0.25) is 0 Å². The van der Waals surface area contributed by atoms with Gasteiger partial charge in [-0.2, -0.15) is 11.8 Å². The number of hydrogen-bond donors (Lipinski definition) is 2. The second kappa shape index (κ2) is 7.07. The van der Waals surface area contributed by atoms with Gasteiger partial charge in [0.25, 0.3) is 0 Å². The summed E-state index contributed by atoms with van der Waals surface area (Å²) < 4.78 is 5.27. The molecule has 2 aromatic rings. The number of fused-ring (bicyclic) bond motifs is 1. The van der Waals surface area contributed by atoms with Gasteiger partial charge in [-0.05, 0) is 41.5 Å². The largest absolute Gasteiger partial charge is 0.496 e. The molecule has 2 aromatic carbocycles. The highest BCUT2D eigenvalue weighted by atomic mass is 32.2. The number of rotatable bonds is 4. The molecule has 1 aliphatic rings. The molecule has 1 heterocycles. The van der Waals surface area contributed by atoms with Crippen LogP contribution in [0.5, 0.6) is 5.75 Å². The fourth-order valence-corrected chi connectivity index (χ4v) is 3.92. The summed E-state index contributed by atoms with van der Waals surface area (Å²) >= 11 is 1.98. The first kappa shape index (κ1) is 15.3. The van der Waals surface area contributed by atoms with Crippen molar-refractivity contribution in [2.24, 2.45) is 0 Å². The van der Waals surface area contributed by atoms with E-state index in [-0.39, 0.29) is 6.61 Å². The number of aryl methyl sites for hydroxylation is 1. The number of anilines is 1. The topological polar surface area (TPSA) is 41.5 Å². The normalized spacial score (nSPS) is 17.5. The molecular weight excluding hydrogens is 294 g/mol. The molecule has 4 heteroatoms. The van der Waals surface area contributed by atoms with Gasteiger partial charge in [-0.1, -0.05) is 24.3 Å². The predicted octanol–water partition coefficient (Wildman–Crippen LogP) is 3.63. The highest BCUT2D eigenvalue weighted by Gasteiger charge is 2.18. The summed E-state index contributed by atoms with van der Waals surface area (Å²) in [6.45, 7) is -0.0191. The summed E-state index contributed by atoms with van der Waals surface area (Å²) in [6, 6.07) is 14.8. The Hall–Kier alpha value is -1.65. The standard InChI is InChI=1S/C18H21NO2S/c1-21-18-7-6-15(10-14(18)11-20)19-17-12-22-9-8-13-4-2-3-5-16(13)17/h2-7,10,17,19-20H,8-9,11-12H2,1H3. The Labute approximate surface area is 135 Å². The summed E-state index contributed by atoms with van der Waals surface area (Å²) in [5.74, 6) is 2.95. The number of hydrogen-bond acceptors (Lipinski definition) is 4. The Bertz CT molecular complexity index is 645. The van der Waals surface area contributed by atoms with Crippen molar-refractivity contribution in [3.8, 4) is 5.75 Å². The van der Waals surface area contributed by atoms with Gasteiger partial charge < -0.3 is 15.2 Å². The zero-order valence-corrected chi connectivity index (χ0v) is 13.5. The Morgan fingerprint density at radius 3 is 2.95 bits per heavy atom. The first-order chi connectivity index (χ1) is 10.8. The van der Waals surface area contributed by atoms with Crippen LogP contribution in [0.3, 0.4) is 0 Å². The van der Waals surface area contributed by atoms with Crippen molar-refractivity contribution in [3.05, 3.63) is 59.2 Å². The fourth-order valence-electron chi connectivity index (χ4n) is 2.89. The third-order valence-corrected chi connectivity index (χ3v) is 5.08. The molecule has 2 N–H and O–H groups in total.